The van der Waals surface area contributed by atoms with Gasteiger partial charge in [-0.05, 0) is 12.1 Å². The number of benzene rings is 1. The quantitative estimate of drug-likeness (QED) is 0.816. The Balaban J connectivity index is 2.32. The Hall–Kier alpha value is -1.92. The topological polar surface area (TPSA) is 101 Å². The Bertz CT molecular complexity index is 614. The molecule has 2 N–H and O–H groups in total. The third-order valence-electron chi connectivity index (χ3n) is 2.79. The molecular weight excluding hydrogens is 309 g/mol. The molecule has 0 fully saturated rings. The van der Waals surface area contributed by atoms with E-state index in [-0.39, 0.29) is 21.2 Å². The Morgan fingerprint density at radius 3 is 1.95 bits per heavy atom. The highest BCUT2D eigenvalue weighted by atomic mass is 35.5. The number of carboxylic acid groups (broad SMARTS) is 1. The highest BCUT2D eigenvalue weighted by Crippen LogP contribution is 2.33. The van der Waals surface area contributed by atoms with E-state index in [1.54, 1.807) is 0 Å². The molecule has 8 heteroatoms. The van der Waals surface area contributed by atoms with Gasteiger partial charge in [0.1, 0.15) is 6.54 Å². The number of nitrogens with one attached hydrogen (secondary N) is 1. The summed E-state index contributed by atoms with van der Waals surface area (Å²) >= 11 is 11.5. The predicted octanol–water partition coefficient (Wildman–Crippen LogP) is 1.19. The number of hydrogen-bond donors (Lipinski definition) is 2. The smallest absolute Gasteiger partial charge is 0.322 e. The molecule has 0 aromatic heterocycles. The van der Waals surface area contributed by atoms with Crippen molar-refractivity contribution in [1.82, 2.24) is 5.32 Å². The molecule has 1 aromatic carbocycles. The second-order valence-electron chi connectivity index (χ2n) is 4.08. The molecule has 0 saturated carbocycles. The van der Waals surface area contributed by atoms with E-state index in [0.29, 0.717) is 0 Å². The standard InChI is InChI=1S/C12H7Cl2NO5/c13-6-1-4-5(2-7(6)14)11(19)9(10(4)18)12(20)15-3-8(16)17/h1-2,9H,3H2,(H,15,20)(H,16,17). The number of ketones is 2. The van der Waals surface area contributed by atoms with Crippen LogP contribution in [-0.2, 0) is 9.59 Å². The summed E-state index contributed by atoms with van der Waals surface area (Å²) in [6, 6.07) is 2.45. The van der Waals surface area contributed by atoms with Crippen molar-refractivity contribution in [3.05, 3.63) is 33.3 Å². The molecule has 0 spiro atoms. The molecule has 1 aliphatic rings. The number of carbonyl (C=O) groups is 4. The van der Waals surface area contributed by atoms with Crippen molar-refractivity contribution in [2.75, 3.05) is 6.54 Å². The maximum atomic E-state index is 12.0. The van der Waals surface area contributed by atoms with Gasteiger partial charge in [0.2, 0.25) is 5.91 Å². The van der Waals surface area contributed by atoms with Gasteiger partial charge in [-0.2, -0.15) is 0 Å². The van der Waals surface area contributed by atoms with Crippen LogP contribution >= 0.6 is 23.2 Å². The molecule has 20 heavy (non-hydrogen) atoms. The summed E-state index contributed by atoms with van der Waals surface area (Å²) in [5, 5.41) is 10.7. The van der Waals surface area contributed by atoms with Gasteiger partial charge in [-0.3, -0.25) is 19.2 Å². The summed E-state index contributed by atoms with van der Waals surface area (Å²) in [5.74, 6) is -5.25. The number of halogens is 2. The number of carboxylic acids is 1. The summed E-state index contributed by atoms with van der Waals surface area (Å²) in [7, 11) is 0. The molecule has 6 nitrogen and oxygen atoms in total. The number of Topliss-reactive ketones (excluding diaryl/α,β-unsaturated/α-hetero) is 2. The molecule has 0 unspecified atom stereocenters. The third kappa shape index (κ3) is 2.39. The number of amides is 1. The predicted molar refractivity (Wildman–Crippen MR) is 69.3 cm³/mol. The second-order valence-corrected chi connectivity index (χ2v) is 4.90. The van der Waals surface area contributed by atoms with E-state index in [1.807, 2.05) is 5.32 Å². The number of hydrogen-bond acceptors (Lipinski definition) is 4. The van der Waals surface area contributed by atoms with Crippen LogP contribution in [0.3, 0.4) is 0 Å². The van der Waals surface area contributed by atoms with Gasteiger partial charge < -0.3 is 10.4 Å². The van der Waals surface area contributed by atoms with E-state index in [9.17, 15) is 19.2 Å². The first-order chi connectivity index (χ1) is 9.32. The van der Waals surface area contributed by atoms with Crippen molar-refractivity contribution in [2.45, 2.75) is 0 Å². The van der Waals surface area contributed by atoms with Crippen LogP contribution in [0.2, 0.25) is 10.0 Å². The maximum absolute atomic E-state index is 12.0. The van der Waals surface area contributed by atoms with Crippen LogP contribution in [0, 0.1) is 5.92 Å². The van der Waals surface area contributed by atoms with E-state index in [2.05, 4.69) is 0 Å². The zero-order valence-electron chi connectivity index (χ0n) is 9.78. The highest BCUT2D eigenvalue weighted by molar-refractivity contribution is 6.44. The number of fused-ring (bicyclic) bond motifs is 1. The van der Waals surface area contributed by atoms with Crippen molar-refractivity contribution in [3.63, 3.8) is 0 Å². The van der Waals surface area contributed by atoms with Gasteiger partial charge >= 0.3 is 5.97 Å². The van der Waals surface area contributed by atoms with Crippen LogP contribution in [0.25, 0.3) is 0 Å². The molecule has 0 saturated heterocycles. The highest BCUT2D eigenvalue weighted by Gasteiger charge is 2.43. The second kappa shape index (κ2) is 5.22. The van der Waals surface area contributed by atoms with Gasteiger partial charge in [-0.25, -0.2) is 0 Å². The molecular formula is C12H7Cl2NO5. The first-order valence-electron chi connectivity index (χ1n) is 5.40. The van der Waals surface area contributed by atoms with Gasteiger partial charge in [0.25, 0.3) is 0 Å². The van der Waals surface area contributed by atoms with Crippen molar-refractivity contribution >= 4 is 46.6 Å². The minimum atomic E-state index is -1.58. The zero-order chi connectivity index (χ0) is 15.0. The minimum Gasteiger partial charge on any atom is -0.480 e. The minimum absolute atomic E-state index is 0.0138. The Labute approximate surface area is 122 Å². The maximum Gasteiger partial charge on any atom is 0.322 e. The Morgan fingerprint density at radius 2 is 1.55 bits per heavy atom. The van der Waals surface area contributed by atoms with Gasteiger partial charge in [0.15, 0.2) is 17.5 Å². The lowest BCUT2D eigenvalue weighted by Gasteiger charge is -2.06. The van der Waals surface area contributed by atoms with Crippen molar-refractivity contribution < 1.29 is 24.3 Å². The summed E-state index contributed by atoms with van der Waals surface area (Å²) in [6.07, 6.45) is 0. The molecule has 2 rings (SSSR count). The van der Waals surface area contributed by atoms with Gasteiger partial charge in [-0.1, -0.05) is 23.2 Å². The summed E-state index contributed by atoms with van der Waals surface area (Å²) in [4.78, 5) is 46.1. The lowest BCUT2D eigenvalue weighted by atomic mass is 10.0. The van der Waals surface area contributed by atoms with E-state index in [0.717, 1.165) is 0 Å². The number of aliphatic carboxylic acids is 1. The lowest BCUT2D eigenvalue weighted by molar-refractivity contribution is -0.138. The van der Waals surface area contributed by atoms with Crippen LogP contribution < -0.4 is 5.32 Å². The fraction of sp³-hybridized carbons (Fsp3) is 0.167. The normalized spacial score (nSPS) is 14.3. The average molecular weight is 316 g/mol. The van der Waals surface area contributed by atoms with Crippen LogP contribution in [0.5, 0.6) is 0 Å². The van der Waals surface area contributed by atoms with E-state index >= 15 is 0 Å². The number of rotatable bonds is 3. The van der Waals surface area contributed by atoms with E-state index < -0.39 is 35.9 Å². The van der Waals surface area contributed by atoms with Crippen LogP contribution in [0.1, 0.15) is 20.7 Å². The third-order valence-corrected chi connectivity index (χ3v) is 3.51. The summed E-state index contributed by atoms with van der Waals surface area (Å²) < 4.78 is 0. The molecule has 1 aliphatic carbocycles. The lowest BCUT2D eigenvalue weighted by Crippen LogP contribution is -2.39. The Morgan fingerprint density at radius 1 is 1.10 bits per heavy atom. The average Bonchev–Trinajstić information content (AvgIpc) is 2.60. The van der Waals surface area contributed by atoms with Crippen molar-refractivity contribution in [2.24, 2.45) is 5.92 Å². The monoisotopic (exact) mass is 315 g/mol. The molecule has 1 amide bonds. The summed E-state index contributed by atoms with van der Waals surface area (Å²) in [6.45, 7) is -0.673. The molecule has 0 bridgehead atoms. The van der Waals surface area contributed by atoms with Gasteiger partial charge in [0, 0.05) is 11.1 Å². The SMILES string of the molecule is O=C(O)CNC(=O)C1C(=O)c2cc(Cl)c(Cl)cc2C1=O. The molecule has 104 valence electrons. The molecule has 0 radical (unpaired) electrons. The zero-order valence-corrected chi connectivity index (χ0v) is 11.3. The first kappa shape index (κ1) is 14.5. The first-order valence-corrected chi connectivity index (χ1v) is 6.15. The van der Waals surface area contributed by atoms with Gasteiger partial charge in [-0.15, -0.1) is 0 Å². The van der Waals surface area contributed by atoms with E-state index in [4.69, 9.17) is 28.3 Å². The molecule has 1 aromatic rings. The molecule has 0 atom stereocenters. The fourth-order valence-electron chi connectivity index (χ4n) is 1.89. The van der Waals surface area contributed by atoms with Crippen molar-refractivity contribution in [1.29, 1.82) is 0 Å². The van der Waals surface area contributed by atoms with E-state index in [1.165, 1.54) is 12.1 Å². The van der Waals surface area contributed by atoms with Crippen LogP contribution in [-0.4, -0.2) is 35.1 Å². The van der Waals surface area contributed by atoms with Crippen LogP contribution in [0.4, 0.5) is 0 Å². The molecule has 0 heterocycles. The number of carbonyl (C=O) groups excluding carboxylic acids is 3. The summed E-state index contributed by atoms with van der Waals surface area (Å²) in [5.41, 5.74) is 0.0275. The van der Waals surface area contributed by atoms with Gasteiger partial charge in [0.05, 0.1) is 10.0 Å². The van der Waals surface area contributed by atoms with Crippen molar-refractivity contribution in [3.8, 4) is 0 Å². The Kier molecular flexibility index (Phi) is 3.78. The fourth-order valence-corrected chi connectivity index (χ4v) is 2.21. The molecule has 0 aliphatic heterocycles. The largest absolute Gasteiger partial charge is 0.480 e. The van der Waals surface area contributed by atoms with Crippen LogP contribution in [0.15, 0.2) is 12.1 Å².